The van der Waals surface area contributed by atoms with Crippen molar-refractivity contribution in [2.45, 2.75) is 25.4 Å². The Labute approximate surface area is 142 Å². The molecule has 0 amide bonds. The number of hydrogen-bond donors (Lipinski definition) is 0. The molecule has 1 aliphatic heterocycles. The number of ether oxygens (including phenoxy) is 4. The summed E-state index contributed by atoms with van der Waals surface area (Å²) in [5, 5.41) is 0. The van der Waals surface area contributed by atoms with Crippen LogP contribution in [0.25, 0.3) is 6.08 Å². The summed E-state index contributed by atoms with van der Waals surface area (Å²) in [6.45, 7) is 5.07. The molecule has 1 fully saturated rings. The van der Waals surface area contributed by atoms with E-state index >= 15 is 0 Å². The van der Waals surface area contributed by atoms with Crippen molar-refractivity contribution in [2.75, 3.05) is 26.9 Å². The zero-order valence-electron chi connectivity index (χ0n) is 14.0. The van der Waals surface area contributed by atoms with Crippen LogP contribution in [0.1, 0.15) is 24.8 Å². The second kappa shape index (κ2) is 9.78. The fourth-order valence-electron chi connectivity index (χ4n) is 2.38. The van der Waals surface area contributed by atoms with E-state index in [9.17, 15) is 4.79 Å². The van der Waals surface area contributed by atoms with Crippen molar-refractivity contribution in [1.82, 2.24) is 0 Å². The monoisotopic (exact) mass is 332 g/mol. The molecular formula is C19H24O5. The molecule has 0 radical (unpaired) electrons. The maximum absolute atomic E-state index is 11.8. The van der Waals surface area contributed by atoms with E-state index in [1.807, 2.05) is 6.07 Å². The Morgan fingerprint density at radius 3 is 2.96 bits per heavy atom. The second-order valence-electron chi connectivity index (χ2n) is 5.46. The predicted octanol–water partition coefficient (Wildman–Crippen LogP) is 3.39. The molecular weight excluding hydrogens is 308 g/mol. The van der Waals surface area contributed by atoms with Gasteiger partial charge in [0.25, 0.3) is 0 Å². The molecule has 5 heteroatoms. The number of carbonyl (C=O) groups is 1. The summed E-state index contributed by atoms with van der Waals surface area (Å²) in [6, 6.07) is 5.44. The van der Waals surface area contributed by atoms with Crippen LogP contribution in [0.5, 0.6) is 11.5 Å². The third-order valence-corrected chi connectivity index (χ3v) is 3.64. The maximum atomic E-state index is 11.8. The number of rotatable bonds is 8. The number of esters is 1. The Kier molecular flexibility index (Phi) is 7.36. The van der Waals surface area contributed by atoms with E-state index in [0.717, 1.165) is 31.4 Å². The van der Waals surface area contributed by atoms with Crippen molar-refractivity contribution >= 4 is 12.0 Å². The third kappa shape index (κ3) is 5.74. The van der Waals surface area contributed by atoms with Gasteiger partial charge in [0.05, 0.1) is 13.2 Å². The van der Waals surface area contributed by atoms with E-state index in [1.165, 1.54) is 6.08 Å². The van der Waals surface area contributed by atoms with E-state index in [4.69, 9.17) is 18.9 Å². The first-order chi connectivity index (χ1) is 11.7. The Balaban J connectivity index is 1.87. The zero-order valence-corrected chi connectivity index (χ0v) is 14.0. The average Bonchev–Trinajstić information content (AvgIpc) is 2.64. The highest BCUT2D eigenvalue weighted by molar-refractivity contribution is 5.87. The summed E-state index contributed by atoms with van der Waals surface area (Å²) in [6.07, 6.45) is 7.93. The molecule has 0 saturated carbocycles. The highest BCUT2D eigenvalue weighted by Crippen LogP contribution is 2.28. The average molecular weight is 332 g/mol. The van der Waals surface area contributed by atoms with Crippen LogP contribution >= 0.6 is 0 Å². The molecule has 1 unspecified atom stereocenters. The Hall–Kier alpha value is -2.27. The van der Waals surface area contributed by atoms with Crippen molar-refractivity contribution in [3.8, 4) is 11.5 Å². The lowest BCUT2D eigenvalue weighted by Crippen LogP contribution is -2.25. The normalized spacial score (nSPS) is 17.5. The van der Waals surface area contributed by atoms with Gasteiger partial charge < -0.3 is 18.9 Å². The fraction of sp³-hybridized carbons (Fsp3) is 0.421. The number of carbonyl (C=O) groups excluding carboxylic acids is 1. The molecule has 0 N–H and O–H groups in total. The highest BCUT2D eigenvalue weighted by Gasteiger charge is 2.15. The molecule has 1 aliphatic rings. The van der Waals surface area contributed by atoms with Crippen molar-refractivity contribution in [1.29, 1.82) is 0 Å². The van der Waals surface area contributed by atoms with Crippen LogP contribution in [0.3, 0.4) is 0 Å². The molecule has 1 heterocycles. The van der Waals surface area contributed by atoms with Gasteiger partial charge in [0.1, 0.15) is 13.2 Å². The van der Waals surface area contributed by atoms with Gasteiger partial charge in [0.2, 0.25) is 0 Å². The number of hydrogen-bond acceptors (Lipinski definition) is 5. The quantitative estimate of drug-likeness (QED) is 0.415. The van der Waals surface area contributed by atoms with Gasteiger partial charge in [0, 0.05) is 12.7 Å². The minimum absolute atomic E-state index is 0.0255. The Morgan fingerprint density at radius 2 is 2.25 bits per heavy atom. The Bertz CT molecular complexity index is 573. The van der Waals surface area contributed by atoms with Crippen molar-refractivity contribution in [3.05, 3.63) is 42.5 Å². The molecule has 2 rings (SSSR count). The molecule has 24 heavy (non-hydrogen) atoms. The van der Waals surface area contributed by atoms with Gasteiger partial charge >= 0.3 is 5.97 Å². The summed E-state index contributed by atoms with van der Waals surface area (Å²) in [5.41, 5.74) is 0.823. The first kappa shape index (κ1) is 18.1. The molecule has 1 aromatic rings. The molecule has 0 aliphatic carbocycles. The molecule has 1 atom stereocenters. The van der Waals surface area contributed by atoms with E-state index in [2.05, 4.69) is 6.58 Å². The number of methoxy groups -OCH3 is 1. The molecule has 0 aromatic heterocycles. The van der Waals surface area contributed by atoms with Crippen LogP contribution in [0.4, 0.5) is 0 Å². The van der Waals surface area contributed by atoms with Gasteiger partial charge in [-0.15, -0.1) is 0 Å². The summed E-state index contributed by atoms with van der Waals surface area (Å²) in [7, 11) is 1.57. The van der Waals surface area contributed by atoms with Gasteiger partial charge in [-0.1, -0.05) is 18.7 Å². The minimum Gasteiger partial charge on any atom is -0.493 e. The van der Waals surface area contributed by atoms with E-state index in [-0.39, 0.29) is 12.1 Å². The van der Waals surface area contributed by atoms with Crippen LogP contribution in [0.15, 0.2) is 36.9 Å². The standard InChI is InChI=1S/C19H24O5/c1-3-11-23-17-9-7-15(13-18(17)21-2)8-10-19(20)24-14-16-6-4-5-12-22-16/h3,7-10,13,16H,1,4-6,11-12,14H2,2H3/b10-8+. The SMILES string of the molecule is C=CCOc1ccc(/C=C/C(=O)OCC2CCCCO2)cc1OC. The fourth-order valence-corrected chi connectivity index (χ4v) is 2.38. The lowest BCUT2D eigenvalue weighted by molar-refractivity contribution is -0.143. The van der Waals surface area contributed by atoms with Gasteiger partial charge in [-0.05, 0) is 43.0 Å². The molecule has 1 saturated heterocycles. The van der Waals surface area contributed by atoms with E-state index in [1.54, 1.807) is 31.4 Å². The van der Waals surface area contributed by atoms with Crippen LogP contribution in [0.2, 0.25) is 0 Å². The van der Waals surface area contributed by atoms with E-state index in [0.29, 0.717) is 24.7 Å². The minimum atomic E-state index is -0.380. The predicted molar refractivity (Wildman–Crippen MR) is 92.3 cm³/mol. The van der Waals surface area contributed by atoms with Crippen LogP contribution in [-0.4, -0.2) is 39.0 Å². The van der Waals surface area contributed by atoms with Crippen molar-refractivity contribution in [3.63, 3.8) is 0 Å². The Morgan fingerprint density at radius 1 is 1.38 bits per heavy atom. The maximum Gasteiger partial charge on any atom is 0.330 e. The summed E-state index contributed by atoms with van der Waals surface area (Å²) in [5.74, 6) is 0.852. The first-order valence-corrected chi connectivity index (χ1v) is 8.11. The summed E-state index contributed by atoms with van der Waals surface area (Å²) >= 11 is 0. The van der Waals surface area contributed by atoms with Gasteiger partial charge in [-0.3, -0.25) is 0 Å². The topological polar surface area (TPSA) is 54.0 Å². The van der Waals surface area contributed by atoms with Crippen LogP contribution in [0, 0.1) is 0 Å². The third-order valence-electron chi connectivity index (χ3n) is 3.64. The van der Waals surface area contributed by atoms with Crippen LogP contribution in [-0.2, 0) is 14.3 Å². The smallest absolute Gasteiger partial charge is 0.330 e. The zero-order chi connectivity index (χ0) is 17.2. The van der Waals surface area contributed by atoms with Crippen LogP contribution < -0.4 is 9.47 Å². The summed E-state index contributed by atoms with van der Waals surface area (Å²) < 4.78 is 21.5. The largest absolute Gasteiger partial charge is 0.493 e. The molecule has 0 bridgehead atoms. The van der Waals surface area contributed by atoms with Crippen molar-refractivity contribution < 1.29 is 23.7 Å². The first-order valence-electron chi connectivity index (χ1n) is 8.11. The molecule has 130 valence electrons. The molecule has 1 aromatic carbocycles. The molecule has 5 nitrogen and oxygen atoms in total. The second-order valence-corrected chi connectivity index (χ2v) is 5.46. The summed E-state index contributed by atoms with van der Waals surface area (Å²) in [4.78, 5) is 11.8. The van der Waals surface area contributed by atoms with Gasteiger partial charge in [0.15, 0.2) is 11.5 Å². The lowest BCUT2D eigenvalue weighted by Gasteiger charge is -2.21. The van der Waals surface area contributed by atoms with E-state index < -0.39 is 0 Å². The highest BCUT2D eigenvalue weighted by atomic mass is 16.6. The number of benzene rings is 1. The van der Waals surface area contributed by atoms with Crippen molar-refractivity contribution in [2.24, 2.45) is 0 Å². The van der Waals surface area contributed by atoms with Gasteiger partial charge in [-0.2, -0.15) is 0 Å². The molecule has 0 spiro atoms. The van der Waals surface area contributed by atoms with Gasteiger partial charge in [-0.25, -0.2) is 4.79 Å². The lowest BCUT2D eigenvalue weighted by atomic mass is 10.1.